The summed E-state index contributed by atoms with van der Waals surface area (Å²) in [5.41, 5.74) is 2.86. The fourth-order valence-electron chi connectivity index (χ4n) is 1.77. The molecule has 0 aliphatic rings. The Kier molecular flexibility index (Phi) is 13.3. The Hall–Kier alpha value is -1.01. The highest BCUT2D eigenvalue weighted by Gasteiger charge is 1.91. The average Bonchev–Trinajstić information content (AvgIpc) is 2.36. The van der Waals surface area contributed by atoms with Crippen LogP contribution in [0.4, 0.5) is 0 Å². The van der Waals surface area contributed by atoms with Gasteiger partial charge < -0.3 is 4.74 Å². The molecule has 0 bridgehead atoms. The molecule has 0 N–H and O–H groups in total. The lowest BCUT2D eigenvalue weighted by atomic mass is 10.1. The largest absolute Gasteiger partial charge is 0.462 e. The Balaban J connectivity index is 3.29. The van der Waals surface area contributed by atoms with E-state index in [4.69, 9.17) is 4.74 Å². The molecule has 0 radical (unpaired) electrons. The lowest BCUT2D eigenvalue weighted by molar-refractivity contribution is -0.137. The monoisotopic (exact) mass is 252 g/mol. The van der Waals surface area contributed by atoms with E-state index in [0.29, 0.717) is 6.61 Å². The van der Waals surface area contributed by atoms with E-state index in [1.54, 1.807) is 6.92 Å². The molecular weight excluding hydrogens is 224 g/mol. The van der Waals surface area contributed by atoms with Crippen molar-refractivity contribution in [1.82, 2.24) is 0 Å². The van der Waals surface area contributed by atoms with E-state index >= 15 is 0 Å². The normalized spacial score (nSPS) is 9.67. The summed E-state index contributed by atoms with van der Waals surface area (Å²) in [6.45, 7) is 4.47. The van der Waals surface area contributed by atoms with Crippen LogP contribution in [0.1, 0.15) is 71.6 Å². The van der Waals surface area contributed by atoms with E-state index in [0.717, 1.165) is 6.42 Å². The predicted molar refractivity (Wildman–Crippen MR) is 76.5 cm³/mol. The molecule has 0 aliphatic heterocycles. The van der Waals surface area contributed by atoms with Gasteiger partial charge in [-0.05, 0) is 25.8 Å². The zero-order valence-electron chi connectivity index (χ0n) is 12.0. The van der Waals surface area contributed by atoms with Gasteiger partial charge in [-0.25, -0.2) is 4.79 Å². The number of hydrogen-bond donors (Lipinski definition) is 0. The quantitative estimate of drug-likeness (QED) is 0.229. The van der Waals surface area contributed by atoms with Gasteiger partial charge in [0.05, 0.1) is 12.7 Å². The first-order valence-electron chi connectivity index (χ1n) is 7.39. The Labute approximate surface area is 112 Å². The van der Waals surface area contributed by atoms with Crippen molar-refractivity contribution in [3.8, 4) is 0 Å². The van der Waals surface area contributed by atoms with Crippen molar-refractivity contribution in [3.63, 3.8) is 0 Å². The van der Waals surface area contributed by atoms with Gasteiger partial charge in [0.1, 0.15) is 0 Å². The van der Waals surface area contributed by atoms with E-state index in [9.17, 15) is 4.79 Å². The molecule has 0 unspecified atom stereocenters. The van der Waals surface area contributed by atoms with Crippen LogP contribution in [0.2, 0.25) is 0 Å². The van der Waals surface area contributed by atoms with E-state index in [-0.39, 0.29) is 5.97 Å². The van der Waals surface area contributed by atoms with Gasteiger partial charge in [-0.3, -0.25) is 0 Å². The topological polar surface area (TPSA) is 26.3 Å². The van der Waals surface area contributed by atoms with Crippen LogP contribution < -0.4 is 0 Å². The Bertz CT molecular complexity index is 250. The summed E-state index contributed by atoms with van der Waals surface area (Å²) in [5, 5.41) is 0. The van der Waals surface area contributed by atoms with Gasteiger partial charge in [-0.2, -0.15) is 0 Å². The second kappa shape index (κ2) is 14.1. The Morgan fingerprint density at radius 1 is 1.00 bits per heavy atom. The number of unbranched alkanes of at least 4 members (excludes halogenated alkanes) is 8. The van der Waals surface area contributed by atoms with Crippen molar-refractivity contribution in [2.24, 2.45) is 0 Å². The van der Waals surface area contributed by atoms with Crippen LogP contribution in [0, 0.1) is 0 Å². The minimum Gasteiger partial charge on any atom is -0.462 e. The lowest BCUT2D eigenvalue weighted by Crippen LogP contribution is -1.97. The summed E-state index contributed by atoms with van der Waals surface area (Å²) < 4.78 is 4.76. The van der Waals surface area contributed by atoms with Gasteiger partial charge >= 0.3 is 5.97 Å². The number of esters is 1. The maximum absolute atomic E-state index is 10.9. The summed E-state index contributed by atoms with van der Waals surface area (Å²) in [7, 11) is 0. The summed E-state index contributed by atoms with van der Waals surface area (Å²) in [4.78, 5) is 10.9. The number of ether oxygens (including phenoxy) is 1. The molecular formula is C16H28O2. The second-order valence-electron chi connectivity index (χ2n) is 4.53. The Morgan fingerprint density at radius 3 is 2.22 bits per heavy atom. The van der Waals surface area contributed by atoms with Crippen LogP contribution in [-0.4, -0.2) is 12.6 Å². The Morgan fingerprint density at radius 2 is 1.61 bits per heavy atom. The fourth-order valence-corrected chi connectivity index (χ4v) is 1.77. The van der Waals surface area contributed by atoms with Gasteiger partial charge in [0, 0.05) is 0 Å². The summed E-state index contributed by atoms with van der Waals surface area (Å²) in [5.74, 6) is -0.301. The molecule has 0 spiro atoms. The first-order chi connectivity index (χ1) is 8.81. The summed E-state index contributed by atoms with van der Waals surface area (Å²) in [6.07, 6.45) is 14.9. The minimum absolute atomic E-state index is 0.301. The molecule has 0 saturated heterocycles. The van der Waals surface area contributed by atoms with Crippen molar-refractivity contribution in [1.29, 1.82) is 0 Å². The maximum atomic E-state index is 10.9. The van der Waals surface area contributed by atoms with E-state index < -0.39 is 0 Å². The molecule has 0 aromatic rings. The molecule has 0 rings (SSSR count). The van der Waals surface area contributed by atoms with Gasteiger partial charge in [-0.15, -0.1) is 5.73 Å². The van der Waals surface area contributed by atoms with Crippen LogP contribution >= 0.6 is 0 Å². The molecule has 0 aromatic heterocycles. The van der Waals surface area contributed by atoms with Gasteiger partial charge in [0.2, 0.25) is 0 Å². The van der Waals surface area contributed by atoms with E-state index in [2.05, 4.69) is 12.7 Å². The molecule has 0 fully saturated rings. The minimum atomic E-state index is -0.301. The first-order valence-corrected chi connectivity index (χ1v) is 7.39. The molecule has 0 aliphatic carbocycles. The van der Waals surface area contributed by atoms with Crippen molar-refractivity contribution < 1.29 is 9.53 Å². The number of carbonyl (C=O) groups excluding carboxylic acids is 1. The third-order valence-corrected chi connectivity index (χ3v) is 2.81. The molecule has 0 heterocycles. The molecule has 18 heavy (non-hydrogen) atoms. The first kappa shape index (κ1) is 17.0. The van der Waals surface area contributed by atoms with Crippen LogP contribution in [-0.2, 0) is 9.53 Å². The van der Waals surface area contributed by atoms with Gasteiger partial charge in [0.15, 0.2) is 0 Å². The van der Waals surface area contributed by atoms with Crippen molar-refractivity contribution in [3.05, 3.63) is 17.9 Å². The highest BCUT2D eigenvalue weighted by molar-refractivity contribution is 5.81. The van der Waals surface area contributed by atoms with Crippen molar-refractivity contribution >= 4 is 5.97 Å². The third-order valence-electron chi connectivity index (χ3n) is 2.81. The molecule has 0 atom stereocenters. The highest BCUT2D eigenvalue weighted by atomic mass is 16.5. The fraction of sp³-hybridized carbons (Fsp3) is 0.750. The SMILES string of the molecule is CCCCCCCCCCC=C=CC(=O)OCC. The molecule has 2 heteroatoms. The molecule has 0 aromatic carbocycles. The maximum Gasteiger partial charge on any atom is 0.338 e. The van der Waals surface area contributed by atoms with Crippen molar-refractivity contribution in [2.75, 3.05) is 6.61 Å². The summed E-state index contributed by atoms with van der Waals surface area (Å²) >= 11 is 0. The van der Waals surface area contributed by atoms with Crippen LogP contribution in [0.15, 0.2) is 17.9 Å². The van der Waals surface area contributed by atoms with E-state index in [1.165, 1.54) is 57.4 Å². The lowest BCUT2D eigenvalue weighted by Gasteiger charge is -1.99. The third kappa shape index (κ3) is 13.1. The van der Waals surface area contributed by atoms with Crippen molar-refractivity contribution in [2.45, 2.75) is 71.6 Å². The summed E-state index contributed by atoms with van der Waals surface area (Å²) in [6, 6.07) is 0. The molecule has 0 amide bonds. The highest BCUT2D eigenvalue weighted by Crippen LogP contribution is 2.09. The average molecular weight is 252 g/mol. The molecule has 104 valence electrons. The zero-order valence-corrected chi connectivity index (χ0v) is 12.0. The number of carbonyl (C=O) groups is 1. The zero-order chi connectivity index (χ0) is 13.5. The van der Waals surface area contributed by atoms with Crippen LogP contribution in [0.5, 0.6) is 0 Å². The van der Waals surface area contributed by atoms with E-state index in [1.807, 2.05) is 6.08 Å². The van der Waals surface area contributed by atoms with Gasteiger partial charge in [-0.1, -0.05) is 51.9 Å². The number of hydrogen-bond acceptors (Lipinski definition) is 2. The van der Waals surface area contributed by atoms with Crippen LogP contribution in [0.25, 0.3) is 0 Å². The molecule has 2 nitrogen and oxygen atoms in total. The standard InChI is InChI=1S/C16H28O2/c1-3-5-6-7-8-9-10-11-12-13-14-15-16(17)18-4-2/h13,15H,3-12H2,1-2H3. The number of rotatable bonds is 11. The predicted octanol–water partition coefficient (Wildman–Crippen LogP) is 4.79. The van der Waals surface area contributed by atoms with Crippen LogP contribution in [0.3, 0.4) is 0 Å². The second-order valence-corrected chi connectivity index (χ2v) is 4.53. The van der Waals surface area contributed by atoms with Gasteiger partial charge in [0.25, 0.3) is 0 Å². The molecule has 0 saturated carbocycles. The smallest absolute Gasteiger partial charge is 0.338 e.